The molecule has 2 aromatic rings. The lowest BCUT2D eigenvalue weighted by molar-refractivity contribution is 0.205. The number of rotatable bonds is 5. The largest absolute Gasteiger partial charge is 0.483 e. The summed E-state index contributed by atoms with van der Waals surface area (Å²) >= 11 is 1.65. The summed E-state index contributed by atoms with van der Waals surface area (Å²) in [4.78, 5) is 1.14. The third kappa shape index (κ3) is 2.72. The van der Waals surface area contributed by atoms with Gasteiger partial charge in [-0.25, -0.2) is 0 Å². The topological polar surface area (TPSA) is 55.5 Å². The Morgan fingerprint density at radius 3 is 2.72 bits per heavy atom. The van der Waals surface area contributed by atoms with Gasteiger partial charge in [0, 0.05) is 17.0 Å². The van der Waals surface area contributed by atoms with E-state index < -0.39 is 0 Å². The number of hydrogen-bond acceptors (Lipinski definition) is 4. The van der Waals surface area contributed by atoms with E-state index in [0.717, 1.165) is 10.4 Å². The van der Waals surface area contributed by atoms with Crippen LogP contribution < -0.4 is 10.5 Å². The fourth-order valence-corrected chi connectivity index (χ4v) is 2.79. The normalized spacial score (nSPS) is 12.4. The van der Waals surface area contributed by atoms with Crippen LogP contribution in [-0.4, -0.2) is 11.7 Å². The van der Waals surface area contributed by atoms with Gasteiger partial charge in [0.1, 0.15) is 11.9 Å². The molecule has 18 heavy (non-hydrogen) atoms. The minimum atomic E-state index is -0.155. The molecule has 1 aromatic heterocycles. The van der Waals surface area contributed by atoms with E-state index in [2.05, 4.69) is 13.0 Å². The molecule has 3 N–H and O–H groups in total. The number of nitrogens with two attached hydrogens (primary N) is 1. The molecule has 1 heterocycles. The summed E-state index contributed by atoms with van der Waals surface area (Å²) in [5, 5.41) is 11.3. The summed E-state index contributed by atoms with van der Waals surface area (Å²) in [5.74, 6) is 0.697. The van der Waals surface area contributed by atoms with Crippen LogP contribution in [0.25, 0.3) is 0 Å². The van der Waals surface area contributed by atoms with Crippen molar-refractivity contribution in [2.24, 2.45) is 5.73 Å². The molecule has 0 radical (unpaired) electrons. The molecule has 3 nitrogen and oxygen atoms in total. The highest BCUT2D eigenvalue weighted by molar-refractivity contribution is 7.10. The quantitative estimate of drug-likeness (QED) is 0.872. The van der Waals surface area contributed by atoms with Gasteiger partial charge in [-0.3, -0.25) is 0 Å². The van der Waals surface area contributed by atoms with E-state index in [4.69, 9.17) is 10.5 Å². The first-order chi connectivity index (χ1) is 8.76. The van der Waals surface area contributed by atoms with Crippen molar-refractivity contribution < 1.29 is 9.84 Å². The van der Waals surface area contributed by atoms with E-state index in [1.54, 1.807) is 11.3 Å². The molecule has 2 rings (SSSR count). The Balaban J connectivity index is 2.23. The molecule has 0 amide bonds. The standard InChI is InChI=1S/C14H17NO2S/c1-10-6-7-18-14(10)13(8-15)17-12-5-3-2-4-11(12)9-16/h2-7,13,16H,8-9,15H2,1H3. The molecule has 0 saturated heterocycles. The van der Waals surface area contributed by atoms with Crippen LogP contribution in [0.15, 0.2) is 35.7 Å². The molecule has 4 heteroatoms. The molecule has 0 aliphatic heterocycles. The van der Waals surface area contributed by atoms with Gasteiger partial charge in [-0.1, -0.05) is 18.2 Å². The molecular formula is C14H17NO2S. The van der Waals surface area contributed by atoms with Crippen LogP contribution in [-0.2, 0) is 6.61 Å². The molecule has 0 aliphatic carbocycles. The number of thiophene rings is 1. The first kappa shape index (κ1) is 13.1. The van der Waals surface area contributed by atoms with Crippen molar-refractivity contribution in [1.29, 1.82) is 0 Å². The highest BCUT2D eigenvalue weighted by Gasteiger charge is 2.16. The van der Waals surface area contributed by atoms with Crippen molar-refractivity contribution >= 4 is 11.3 Å². The van der Waals surface area contributed by atoms with E-state index in [1.165, 1.54) is 5.56 Å². The Morgan fingerprint density at radius 1 is 1.33 bits per heavy atom. The maximum atomic E-state index is 9.28. The van der Waals surface area contributed by atoms with E-state index >= 15 is 0 Å². The van der Waals surface area contributed by atoms with Gasteiger partial charge in [-0.2, -0.15) is 0 Å². The number of benzene rings is 1. The zero-order chi connectivity index (χ0) is 13.0. The van der Waals surface area contributed by atoms with Crippen LogP contribution in [0.2, 0.25) is 0 Å². The molecular weight excluding hydrogens is 246 g/mol. The van der Waals surface area contributed by atoms with Crippen LogP contribution >= 0.6 is 11.3 Å². The van der Waals surface area contributed by atoms with Crippen molar-refractivity contribution in [3.8, 4) is 5.75 Å². The molecule has 96 valence electrons. The first-order valence-corrected chi connectivity index (χ1v) is 6.73. The van der Waals surface area contributed by atoms with Crippen LogP contribution in [0.3, 0.4) is 0 Å². The van der Waals surface area contributed by atoms with Crippen LogP contribution in [0.1, 0.15) is 22.1 Å². The molecule has 1 aromatic carbocycles. The van der Waals surface area contributed by atoms with Crippen molar-refractivity contribution in [1.82, 2.24) is 0 Å². The Kier molecular flexibility index (Phi) is 4.36. The maximum Gasteiger partial charge on any atom is 0.145 e. The third-order valence-electron chi connectivity index (χ3n) is 2.82. The van der Waals surface area contributed by atoms with Gasteiger partial charge in [0.15, 0.2) is 0 Å². The Morgan fingerprint density at radius 2 is 2.11 bits per heavy atom. The fraction of sp³-hybridized carbons (Fsp3) is 0.286. The smallest absolute Gasteiger partial charge is 0.145 e. The number of para-hydroxylation sites is 1. The molecule has 0 bridgehead atoms. The van der Waals surface area contributed by atoms with E-state index in [1.807, 2.05) is 29.6 Å². The minimum absolute atomic E-state index is 0.0309. The second-order valence-corrected chi connectivity index (χ2v) is 5.02. The Bertz CT molecular complexity index is 510. The van der Waals surface area contributed by atoms with E-state index in [-0.39, 0.29) is 12.7 Å². The average molecular weight is 263 g/mol. The Labute approximate surface area is 111 Å². The second kappa shape index (κ2) is 6.00. The van der Waals surface area contributed by atoms with Crippen molar-refractivity contribution in [2.45, 2.75) is 19.6 Å². The van der Waals surface area contributed by atoms with E-state index in [9.17, 15) is 5.11 Å². The fourth-order valence-electron chi connectivity index (χ4n) is 1.83. The SMILES string of the molecule is Cc1ccsc1C(CN)Oc1ccccc1CO. The zero-order valence-electron chi connectivity index (χ0n) is 10.3. The van der Waals surface area contributed by atoms with Gasteiger partial charge in [-0.15, -0.1) is 11.3 Å². The number of aliphatic hydroxyl groups excluding tert-OH is 1. The molecule has 0 fully saturated rings. The van der Waals surface area contributed by atoms with Gasteiger partial charge >= 0.3 is 0 Å². The molecule has 1 atom stereocenters. The first-order valence-electron chi connectivity index (χ1n) is 5.85. The summed E-state index contributed by atoms with van der Waals surface area (Å²) in [6.45, 7) is 2.44. The van der Waals surface area contributed by atoms with Crippen molar-refractivity contribution in [3.05, 3.63) is 51.7 Å². The summed E-state index contributed by atoms with van der Waals surface area (Å²) < 4.78 is 5.94. The van der Waals surface area contributed by atoms with Gasteiger partial charge in [0.25, 0.3) is 0 Å². The Hall–Kier alpha value is -1.36. The summed E-state index contributed by atoms with van der Waals surface area (Å²) in [6, 6.07) is 9.54. The third-order valence-corrected chi connectivity index (χ3v) is 3.93. The highest BCUT2D eigenvalue weighted by atomic mass is 32.1. The van der Waals surface area contributed by atoms with E-state index in [0.29, 0.717) is 12.3 Å². The minimum Gasteiger partial charge on any atom is -0.483 e. The summed E-state index contributed by atoms with van der Waals surface area (Å²) in [6.07, 6.45) is -0.155. The van der Waals surface area contributed by atoms with Gasteiger partial charge in [0.2, 0.25) is 0 Å². The van der Waals surface area contributed by atoms with Crippen LogP contribution in [0.5, 0.6) is 5.75 Å². The number of ether oxygens (including phenoxy) is 1. The molecule has 0 aliphatic rings. The number of hydrogen-bond donors (Lipinski definition) is 2. The zero-order valence-corrected chi connectivity index (χ0v) is 11.1. The molecule has 0 spiro atoms. The average Bonchev–Trinajstić information content (AvgIpc) is 2.82. The second-order valence-electron chi connectivity index (χ2n) is 4.08. The van der Waals surface area contributed by atoms with Gasteiger partial charge in [-0.05, 0) is 30.0 Å². The van der Waals surface area contributed by atoms with Crippen molar-refractivity contribution in [3.63, 3.8) is 0 Å². The number of aryl methyl sites for hydroxylation is 1. The van der Waals surface area contributed by atoms with Gasteiger partial charge in [0.05, 0.1) is 6.61 Å². The van der Waals surface area contributed by atoms with Crippen molar-refractivity contribution in [2.75, 3.05) is 6.54 Å². The molecule has 0 saturated carbocycles. The van der Waals surface area contributed by atoms with Crippen LogP contribution in [0, 0.1) is 6.92 Å². The van der Waals surface area contributed by atoms with Gasteiger partial charge < -0.3 is 15.6 Å². The lowest BCUT2D eigenvalue weighted by Crippen LogP contribution is -2.18. The van der Waals surface area contributed by atoms with Crippen LogP contribution in [0.4, 0.5) is 0 Å². The summed E-state index contributed by atoms with van der Waals surface area (Å²) in [5.41, 5.74) is 7.77. The lowest BCUT2D eigenvalue weighted by atomic mass is 10.2. The predicted molar refractivity (Wildman–Crippen MR) is 73.8 cm³/mol. The number of aliphatic hydroxyl groups is 1. The monoisotopic (exact) mass is 263 g/mol. The predicted octanol–water partition coefficient (Wildman–Crippen LogP) is 2.63. The lowest BCUT2D eigenvalue weighted by Gasteiger charge is -2.19. The summed E-state index contributed by atoms with van der Waals surface area (Å²) in [7, 11) is 0. The molecule has 1 unspecified atom stereocenters. The maximum absolute atomic E-state index is 9.28. The highest BCUT2D eigenvalue weighted by Crippen LogP contribution is 2.29.